The maximum absolute atomic E-state index is 11.0. The molecule has 0 saturated carbocycles. The molecule has 0 spiro atoms. The first kappa shape index (κ1) is 22.9. The molecule has 0 fully saturated rings. The first-order valence-electron chi connectivity index (χ1n) is 7.93. The number of carbonyl (C=O) groups excluding carboxylic acids is 2. The van der Waals surface area contributed by atoms with Gasteiger partial charge in [0.25, 0.3) is 0 Å². The zero-order valence-corrected chi connectivity index (χ0v) is 16.7. The number of amides is 2. The van der Waals surface area contributed by atoms with Crippen molar-refractivity contribution < 1.29 is 24.2 Å². The van der Waals surface area contributed by atoms with Crippen LogP contribution in [0.5, 0.6) is 5.75 Å². The fourth-order valence-corrected chi connectivity index (χ4v) is 4.10. The molecule has 0 bridgehead atoms. The molecule has 0 heterocycles. The van der Waals surface area contributed by atoms with Gasteiger partial charge in [-0.25, -0.2) is 4.79 Å². The van der Waals surface area contributed by atoms with E-state index in [4.69, 9.17) is 15.6 Å². The van der Waals surface area contributed by atoms with E-state index in [1.165, 1.54) is 35.4 Å². The molecule has 0 saturated heterocycles. The van der Waals surface area contributed by atoms with Crippen LogP contribution in [0, 0.1) is 0 Å². The Morgan fingerprint density at radius 3 is 2.26 bits per heavy atom. The van der Waals surface area contributed by atoms with E-state index in [2.05, 4.69) is 17.2 Å². The van der Waals surface area contributed by atoms with Crippen LogP contribution in [0.2, 0.25) is 0 Å². The molecule has 148 valence electrons. The standard InChI is InChI=1S/C17H23N3O5S2/c1-10(25-14-6-4-13(5-7-14)19-11(2)21)15(18)8-26-27-9-16(17(23)24)20-12(3)22/h4-7,15-16H,1,8-9,18H2,2-3H3,(H,19,21)(H,20,22)(H,23,24). The van der Waals surface area contributed by atoms with E-state index in [0.29, 0.717) is 22.9 Å². The number of nitrogens with two attached hydrogens (primary N) is 1. The molecule has 10 heteroatoms. The molecule has 5 N–H and O–H groups in total. The number of benzene rings is 1. The van der Waals surface area contributed by atoms with E-state index in [0.717, 1.165) is 0 Å². The minimum absolute atomic E-state index is 0.159. The second-order valence-electron chi connectivity index (χ2n) is 5.54. The Hall–Kier alpha value is -2.17. The molecule has 0 aliphatic carbocycles. The van der Waals surface area contributed by atoms with Crippen LogP contribution < -0.4 is 21.1 Å². The summed E-state index contributed by atoms with van der Waals surface area (Å²) in [5.41, 5.74) is 6.67. The quantitative estimate of drug-likeness (QED) is 0.246. The number of nitrogens with one attached hydrogen (secondary N) is 2. The molecular formula is C17H23N3O5S2. The summed E-state index contributed by atoms with van der Waals surface area (Å²) in [7, 11) is 2.67. The smallest absolute Gasteiger partial charge is 0.327 e. The van der Waals surface area contributed by atoms with Gasteiger partial charge in [-0.15, -0.1) is 0 Å². The highest BCUT2D eigenvalue weighted by atomic mass is 33.1. The van der Waals surface area contributed by atoms with E-state index in [-0.39, 0.29) is 11.7 Å². The van der Waals surface area contributed by atoms with E-state index >= 15 is 0 Å². The first-order chi connectivity index (χ1) is 12.7. The minimum atomic E-state index is -1.09. The molecule has 27 heavy (non-hydrogen) atoms. The van der Waals surface area contributed by atoms with Gasteiger partial charge in [0, 0.05) is 31.0 Å². The SMILES string of the molecule is C=C(Oc1ccc(NC(C)=O)cc1)C(N)CSSCC(NC(C)=O)C(=O)O. The van der Waals surface area contributed by atoms with Gasteiger partial charge in [0.1, 0.15) is 17.6 Å². The van der Waals surface area contributed by atoms with Crippen LogP contribution in [-0.4, -0.2) is 46.5 Å². The van der Waals surface area contributed by atoms with Gasteiger partial charge in [-0.1, -0.05) is 28.2 Å². The highest BCUT2D eigenvalue weighted by molar-refractivity contribution is 8.76. The minimum Gasteiger partial charge on any atom is -0.480 e. The topological polar surface area (TPSA) is 131 Å². The third kappa shape index (κ3) is 9.36. The van der Waals surface area contributed by atoms with Gasteiger partial charge in [0.15, 0.2) is 0 Å². The van der Waals surface area contributed by atoms with Gasteiger partial charge < -0.3 is 26.2 Å². The largest absolute Gasteiger partial charge is 0.480 e. The average molecular weight is 414 g/mol. The fourth-order valence-electron chi connectivity index (χ4n) is 1.79. The fraction of sp³-hybridized carbons (Fsp3) is 0.353. The van der Waals surface area contributed by atoms with E-state index in [1.807, 2.05) is 0 Å². The van der Waals surface area contributed by atoms with Gasteiger partial charge in [-0.3, -0.25) is 9.59 Å². The average Bonchev–Trinajstić information content (AvgIpc) is 2.58. The second kappa shape index (κ2) is 11.5. The number of hydrogen-bond donors (Lipinski definition) is 4. The third-order valence-corrected chi connectivity index (χ3v) is 5.53. The maximum Gasteiger partial charge on any atom is 0.327 e. The number of hydrogen-bond acceptors (Lipinski definition) is 7. The first-order valence-corrected chi connectivity index (χ1v) is 10.4. The molecule has 0 aliphatic heterocycles. The lowest BCUT2D eigenvalue weighted by atomic mass is 10.3. The molecule has 1 aromatic carbocycles. The van der Waals surface area contributed by atoms with Crippen molar-refractivity contribution in [1.82, 2.24) is 5.32 Å². The molecule has 8 nitrogen and oxygen atoms in total. The van der Waals surface area contributed by atoms with Crippen molar-refractivity contribution in [2.45, 2.75) is 25.9 Å². The van der Waals surface area contributed by atoms with Crippen molar-refractivity contribution in [1.29, 1.82) is 0 Å². The number of anilines is 1. The van der Waals surface area contributed by atoms with Crippen molar-refractivity contribution in [3.05, 3.63) is 36.6 Å². The van der Waals surface area contributed by atoms with Gasteiger partial charge in [0.05, 0.1) is 6.04 Å². The number of aliphatic carboxylic acids is 1. The molecule has 1 aromatic rings. The predicted molar refractivity (Wildman–Crippen MR) is 109 cm³/mol. The number of carboxylic acid groups (broad SMARTS) is 1. The van der Waals surface area contributed by atoms with Crippen molar-refractivity contribution >= 4 is 45.1 Å². The maximum atomic E-state index is 11.0. The van der Waals surface area contributed by atoms with Crippen LogP contribution in [0.15, 0.2) is 36.6 Å². The Morgan fingerprint density at radius 2 is 1.74 bits per heavy atom. The normalized spacial score (nSPS) is 12.6. The van der Waals surface area contributed by atoms with Crippen LogP contribution >= 0.6 is 21.6 Å². The summed E-state index contributed by atoms with van der Waals surface area (Å²) in [6.07, 6.45) is 0. The summed E-state index contributed by atoms with van der Waals surface area (Å²) in [6, 6.07) is 5.38. The summed E-state index contributed by atoms with van der Waals surface area (Å²) in [4.78, 5) is 33.0. The summed E-state index contributed by atoms with van der Waals surface area (Å²) < 4.78 is 5.60. The van der Waals surface area contributed by atoms with Gasteiger partial charge in [-0.05, 0) is 24.3 Å². The molecule has 2 amide bonds. The van der Waals surface area contributed by atoms with Crippen LogP contribution in [0.4, 0.5) is 5.69 Å². The molecule has 2 unspecified atom stereocenters. The molecule has 0 radical (unpaired) electrons. The number of ether oxygens (including phenoxy) is 1. The number of carboxylic acids is 1. The van der Waals surface area contributed by atoms with Crippen molar-refractivity contribution in [2.24, 2.45) is 5.73 Å². The third-order valence-electron chi connectivity index (χ3n) is 3.08. The Labute approximate surface area is 165 Å². The van der Waals surface area contributed by atoms with Crippen molar-refractivity contribution in [2.75, 3.05) is 16.8 Å². The van der Waals surface area contributed by atoms with Crippen molar-refractivity contribution in [3.8, 4) is 5.75 Å². The Kier molecular flexibility index (Phi) is 9.76. The van der Waals surface area contributed by atoms with Crippen LogP contribution in [-0.2, 0) is 14.4 Å². The molecule has 2 atom stereocenters. The van der Waals surface area contributed by atoms with Crippen LogP contribution in [0.25, 0.3) is 0 Å². The van der Waals surface area contributed by atoms with Gasteiger partial charge >= 0.3 is 5.97 Å². The molecular weight excluding hydrogens is 390 g/mol. The van der Waals surface area contributed by atoms with E-state index in [1.54, 1.807) is 24.3 Å². The lowest BCUT2D eigenvalue weighted by Crippen LogP contribution is -2.41. The van der Waals surface area contributed by atoms with Crippen LogP contribution in [0.3, 0.4) is 0 Å². The Morgan fingerprint density at radius 1 is 1.15 bits per heavy atom. The zero-order valence-electron chi connectivity index (χ0n) is 15.1. The monoisotopic (exact) mass is 413 g/mol. The predicted octanol–water partition coefficient (Wildman–Crippen LogP) is 1.84. The summed E-state index contributed by atoms with van der Waals surface area (Å²) in [5.74, 6) is -0.0578. The van der Waals surface area contributed by atoms with Crippen LogP contribution in [0.1, 0.15) is 13.8 Å². The number of rotatable bonds is 11. The van der Waals surface area contributed by atoms with Crippen molar-refractivity contribution in [3.63, 3.8) is 0 Å². The second-order valence-corrected chi connectivity index (χ2v) is 8.09. The molecule has 0 aliphatic rings. The summed E-state index contributed by atoms with van der Waals surface area (Å²) in [5, 5.41) is 14.1. The van der Waals surface area contributed by atoms with Gasteiger partial charge in [-0.2, -0.15) is 0 Å². The highest BCUT2D eigenvalue weighted by Crippen LogP contribution is 2.25. The Balaban J connectivity index is 2.38. The van der Waals surface area contributed by atoms with E-state index in [9.17, 15) is 14.4 Å². The molecule has 1 rings (SSSR count). The van der Waals surface area contributed by atoms with E-state index < -0.39 is 24.0 Å². The number of carbonyl (C=O) groups is 3. The summed E-state index contributed by atoms with van der Waals surface area (Å²) in [6.45, 7) is 6.51. The molecule has 0 aromatic heterocycles. The lowest BCUT2D eigenvalue weighted by molar-refractivity contribution is -0.140. The highest BCUT2D eigenvalue weighted by Gasteiger charge is 2.19. The summed E-state index contributed by atoms with van der Waals surface area (Å²) >= 11 is 0. The Bertz CT molecular complexity index is 682. The lowest BCUT2D eigenvalue weighted by Gasteiger charge is -2.16. The zero-order chi connectivity index (χ0) is 20.4. The van der Waals surface area contributed by atoms with Gasteiger partial charge in [0.2, 0.25) is 11.8 Å².